The Labute approximate surface area is 122 Å². The minimum absolute atomic E-state index is 0. The van der Waals surface area contributed by atoms with E-state index in [1.807, 2.05) is 13.8 Å². The Morgan fingerprint density at radius 3 is 2.42 bits per heavy atom. The number of hydrogen-bond donors (Lipinski definition) is 2. The largest absolute Gasteiger partial charge is 0.355 e. The summed E-state index contributed by atoms with van der Waals surface area (Å²) in [4.78, 5) is 11.8. The third kappa shape index (κ3) is 7.74. The zero-order valence-electron chi connectivity index (χ0n) is 11.6. The normalized spacial score (nSPS) is 17.0. The predicted octanol–water partition coefficient (Wildman–Crippen LogP) is 0.595. The Hall–Kier alpha value is -0.330. The summed E-state index contributed by atoms with van der Waals surface area (Å²) in [5.41, 5.74) is 0. The van der Waals surface area contributed by atoms with Crippen molar-refractivity contribution < 1.29 is 13.2 Å². The van der Waals surface area contributed by atoms with E-state index >= 15 is 0 Å². The maximum atomic E-state index is 11.8. The molecule has 0 aromatic rings. The standard InChI is InChI=1S/C12H24N2O3S.ClH/c1-10(2)9-18(16,17)8-7-14-12(15)11-3-5-13-6-4-11;/h10-11,13H,3-9H2,1-2H3,(H,14,15);1H. The van der Waals surface area contributed by atoms with Crippen molar-refractivity contribution in [3.05, 3.63) is 0 Å². The van der Waals surface area contributed by atoms with E-state index in [0.29, 0.717) is 0 Å². The van der Waals surface area contributed by atoms with Gasteiger partial charge in [0.1, 0.15) is 0 Å². The Balaban J connectivity index is 0.00000324. The highest BCUT2D eigenvalue weighted by atomic mass is 35.5. The van der Waals surface area contributed by atoms with Crippen LogP contribution in [0.1, 0.15) is 26.7 Å². The molecule has 1 fully saturated rings. The molecule has 2 N–H and O–H groups in total. The number of rotatable bonds is 6. The monoisotopic (exact) mass is 312 g/mol. The van der Waals surface area contributed by atoms with E-state index in [9.17, 15) is 13.2 Å². The first-order valence-corrected chi connectivity index (χ1v) is 8.41. The molecule has 0 spiro atoms. The molecule has 0 aliphatic carbocycles. The fraction of sp³-hybridized carbons (Fsp3) is 0.917. The number of amides is 1. The highest BCUT2D eigenvalue weighted by molar-refractivity contribution is 7.91. The van der Waals surface area contributed by atoms with Gasteiger partial charge in [0.15, 0.2) is 9.84 Å². The maximum absolute atomic E-state index is 11.8. The lowest BCUT2D eigenvalue weighted by Crippen LogP contribution is -2.39. The van der Waals surface area contributed by atoms with Crippen molar-refractivity contribution in [2.24, 2.45) is 11.8 Å². The molecule has 0 radical (unpaired) electrons. The quantitative estimate of drug-likeness (QED) is 0.753. The first-order valence-electron chi connectivity index (χ1n) is 6.59. The second-order valence-corrected chi connectivity index (χ2v) is 7.55. The third-order valence-electron chi connectivity index (χ3n) is 3.01. The van der Waals surface area contributed by atoms with Crippen molar-refractivity contribution in [3.63, 3.8) is 0 Å². The molecule has 114 valence electrons. The molecule has 0 bridgehead atoms. The predicted molar refractivity (Wildman–Crippen MR) is 79.3 cm³/mol. The molecule has 0 saturated carbocycles. The van der Waals surface area contributed by atoms with Gasteiger partial charge in [0.05, 0.1) is 11.5 Å². The zero-order valence-corrected chi connectivity index (χ0v) is 13.3. The van der Waals surface area contributed by atoms with Gasteiger partial charge in [-0.2, -0.15) is 0 Å². The second kappa shape index (κ2) is 8.76. The fourth-order valence-electron chi connectivity index (χ4n) is 2.15. The maximum Gasteiger partial charge on any atom is 0.223 e. The summed E-state index contributed by atoms with van der Waals surface area (Å²) >= 11 is 0. The summed E-state index contributed by atoms with van der Waals surface area (Å²) in [6, 6.07) is 0. The minimum Gasteiger partial charge on any atom is -0.355 e. The molecule has 1 heterocycles. The molecule has 1 amide bonds. The molecule has 0 unspecified atom stereocenters. The van der Waals surface area contributed by atoms with Gasteiger partial charge in [0, 0.05) is 12.5 Å². The van der Waals surface area contributed by atoms with E-state index in [0.717, 1.165) is 25.9 Å². The van der Waals surface area contributed by atoms with Crippen molar-refractivity contribution in [1.29, 1.82) is 0 Å². The molecule has 1 aliphatic heterocycles. The lowest BCUT2D eigenvalue weighted by atomic mass is 9.97. The van der Waals surface area contributed by atoms with Crippen LogP contribution < -0.4 is 10.6 Å². The van der Waals surface area contributed by atoms with Crippen LogP contribution in [0.15, 0.2) is 0 Å². The van der Waals surface area contributed by atoms with Gasteiger partial charge in [-0.05, 0) is 31.8 Å². The average molecular weight is 313 g/mol. The smallest absolute Gasteiger partial charge is 0.223 e. The molecule has 5 nitrogen and oxygen atoms in total. The highest BCUT2D eigenvalue weighted by Gasteiger charge is 2.21. The van der Waals surface area contributed by atoms with Crippen LogP contribution in [0.3, 0.4) is 0 Å². The van der Waals surface area contributed by atoms with Crippen molar-refractivity contribution >= 4 is 28.2 Å². The summed E-state index contributed by atoms with van der Waals surface area (Å²) in [6.45, 7) is 5.72. The topological polar surface area (TPSA) is 75.3 Å². The number of halogens is 1. The first-order chi connectivity index (χ1) is 8.41. The molecular weight excluding hydrogens is 288 g/mol. The summed E-state index contributed by atoms with van der Waals surface area (Å²) in [7, 11) is -3.03. The number of piperidine rings is 1. The van der Waals surface area contributed by atoms with E-state index in [1.165, 1.54) is 0 Å². The van der Waals surface area contributed by atoms with Gasteiger partial charge in [-0.25, -0.2) is 8.42 Å². The summed E-state index contributed by atoms with van der Waals surface area (Å²) in [6.07, 6.45) is 1.68. The molecule has 0 atom stereocenters. The number of hydrogen-bond acceptors (Lipinski definition) is 4. The van der Waals surface area contributed by atoms with E-state index in [4.69, 9.17) is 0 Å². The van der Waals surface area contributed by atoms with Crippen molar-refractivity contribution in [3.8, 4) is 0 Å². The number of nitrogens with one attached hydrogen (secondary N) is 2. The molecule has 0 aromatic heterocycles. The Morgan fingerprint density at radius 2 is 1.89 bits per heavy atom. The molecular formula is C12H25ClN2O3S. The van der Waals surface area contributed by atoms with Crippen LogP contribution in [0.25, 0.3) is 0 Å². The molecule has 1 aliphatic rings. The van der Waals surface area contributed by atoms with Gasteiger partial charge in [0.25, 0.3) is 0 Å². The molecule has 1 rings (SSSR count). The van der Waals surface area contributed by atoms with Crippen LogP contribution in [0.5, 0.6) is 0 Å². The Kier molecular flexibility index (Phi) is 8.61. The SMILES string of the molecule is CC(C)CS(=O)(=O)CCNC(=O)C1CCNCC1.Cl. The lowest BCUT2D eigenvalue weighted by Gasteiger charge is -2.21. The van der Waals surface area contributed by atoms with Crippen LogP contribution in [0, 0.1) is 11.8 Å². The molecule has 19 heavy (non-hydrogen) atoms. The second-order valence-electron chi connectivity index (χ2n) is 5.32. The number of carbonyl (C=O) groups excluding carboxylic acids is 1. The lowest BCUT2D eigenvalue weighted by molar-refractivity contribution is -0.125. The number of sulfone groups is 1. The molecule has 1 saturated heterocycles. The third-order valence-corrected chi connectivity index (χ3v) is 5.01. The first kappa shape index (κ1) is 18.7. The molecule has 7 heteroatoms. The Morgan fingerprint density at radius 1 is 1.32 bits per heavy atom. The van der Waals surface area contributed by atoms with Gasteiger partial charge in [-0.3, -0.25) is 4.79 Å². The summed E-state index contributed by atoms with van der Waals surface area (Å²) < 4.78 is 23.3. The van der Waals surface area contributed by atoms with E-state index in [1.54, 1.807) is 0 Å². The minimum atomic E-state index is -3.03. The highest BCUT2D eigenvalue weighted by Crippen LogP contribution is 2.11. The van der Waals surface area contributed by atoms with E-state index in [2.05, 4.69) is 10.6 Å². The van der Waals surface area contributed by atoms with Crippen LogP contribution in [0.4, 0.5) is 0 Å². The van der Waals surface area contributed by atoms with Crippen molar-refractivity contribution in [2.75, 3.05) is 31.1 Å². The van der Waals surface area contributed by atoms with Gasteiger partial charge in [-0.15, -0.1) is 12.4 Å². The van der Waals surface area contributed by atoms with Crippen LogP contribution in [-0.2, 0) is 14.6 Å². The van der Waals surface area contributed by atoms with Crippen LogP contribution in [0.2, 0.25) is 0 Å². The van der Waals surface area contributed by atoms with Gasteiger partial charge < -0.3 is 10.6 Å². The average Bonchev–Trinajstić information content (AvgIpc) is 2.28. The summed E-state index contributed by atoms with van der Waals surface area (Å²) in [5, 5.41) is 5.93. The zero-order chi connectivity index (χ0) is 13.6. The van der Waals surface area contributed by atoms with Gasteiger partial charge in [0.2, 0.25) is 5.91 Å². The van der Waals surface area contributed by atoms with Crippen molar-refractivity contribution in [2.45, 2.75) is 26.7 Å². The van der Waals surface area contributed by atoms with Crippen LogP contribution >= 0.6 is 12.4 Å². The summed E-state index contributed by atoms with van der Waals surface area (Å²) in [5.74, 6) is 0.406. The number of carbonyl (C=O) groups is 1. The van der Waals surface area contributed by atoms with Gasteiger partial charge >= 0.3 is 0 Å². The van der Waals surface area contributed by atoms with E-state index < -0.39 is 9.84 Å². The van der Waals surface area contributed by atoms with Gasteiger partial charge in [-0.1, -0.05) is 13.8 Å². The van der Waals surface area contributed by atoms with Crippen molar-refractivity contribution in [1.82, 2.24) is 10.6 Å². The molecule has 0 aromatic carbocycles. The Bertz CT molecular complexity index is 365. The van der Waals surface area contributed by atoms with E-state index in [-0.39, 0.29) is 48.2 Å². The fourth-order valence-corrected chi connectivity index (χ4v) is 3.74. The van der Waals surface area contributed by atoms with Crippen LogP contribution in [-0.4, -0.2) is 45.5 Å².